The summed E-state index contributed by atoms with van der Waals surface area (Å²) in [7, 11) is 0. The lowest BCUT2D eigenvalue weighted by Crippen LogP contribution is -2.14. The molecule has 0 unspecified atom stereocenters. The summed E-state index contributed by atoms with van der Waals surface area (Å²) in [4.78, 5) is 23.8. The summed E-state index contributed by atoms with van der Waals surface area (Å²) in [6.07, 6.45) is 0. The first-order valence-electron chi connectivity index (χ1n) is 9.25. The average Bonchev–Trinajstić information content (AvgIpc) is 3.19. The summed E-state index contributed by atoms with van der Waals surface area (Å²) in [6.45, 7) is 4.18. The van der Waals surface area contributed by atoms with Crippen molar-refractivity contribution in [1.29, 1.82) is 0 Å². The molecule has 0 saturated carbocycles. The molecule has 1 heterocycles. The van der Waals surface area contributed by atoms with Crippen LogP contribution in [0, 0.1) is 6.92 Å². The third kappa shape index (κ3) is 6.35. The summed E-state index contributed by atoms with van der Waals surface area (Å²) in [5, 5.41) is 10.9. The van der Waals surface area contributed by atoms with Gasteiger partial charge in [0.05, 0.1) is 17.9 Å². The van der Waals surface area contributed by atoms with E-state index in [0.29, 0.717) is 23.7 Å². The van der Waals surface area contributed by atoms with E-state index in [1.165, 1.54) is 0 Å². The SMILES string of the molecule is CCOC(=O)c1ccc(NC(=O)CSc2nnc(COc3cccc(C)c3)o2)cc1. The number of nitrogens with zero attached hydrogens (tertiary/aromatic N) is 2. The van der Waals surface area contributed by atoms with E-state index in [-0.39, 0.29) is 23.5 Å². The summed E-state index contributed by atoms with van der Waals surface area (Å²) in [6, 6.07) is 14.1. The van der Waals surface area contributed by atoms with E-state index in [0.717, 1.165) is 23.1 Å². The van der Waals surface area contributed by atoms with Crippen molar-refractivity contribution >= 4 is 29.3 Å². The van der Waals surface area contributed by atoms with Gasteiger partial charge in [0.2, 0.25) is 5.91 Å². The molecule has 8 nitrogen and oxygen atoms in total. The molecule has 0 aliphatic heterocycles. The van der Waals surface area contributed by atoms with Crippen LogP contribution in [0.4, 0.5) is 5.69 Å². The van der Waals surface area contributed by atoms with Crippen LogP contribution in [-0.2, 0) is 16.1 Å². The number of hydrogen-bond acceptors (Lipinski definition) is 8. The van der Waals surface area contributed by atoms with Gasteiger partial charge in [0.25, 0.3) is 11.1 Å². The van der Waals surface area contributed by atoms with Gasteiger partial charge in [-0.25, -0.2) is 4.79 Å². The van der Waals surface area contributed by atoms with Crippen molar-refractivity contribution in [2.24, 2.45) is 0 Å². The predicted molar refractivity (Wildman–Crippen MR) is 112 cm³/mol. The van der Waals surface area contributed by atoms with Crippen LogP contribution in [-0.4, -0.2) is 34.4 Å². The monoisotopic (exact) mass is 427 g/mol. The highest BCUT2D eigenvalue weighted by Crippen LogP contribution is 2.19. The number of carbonyl (C=O) groups is 2. The van der Waals surface area contributed by atoms with Crippen LogP contribution < -0.4 is 10.1 Å². The lowest BCUT2D eigenvalue weighted by atomic mass is 10.2. The second-order valence-corrected chi connectivity index (χ2v) is 7.13. The molecule has 2 aromatic carbocycles. The molecule has 0 spiro atoms. The maximum atomic E-state index is 12.1. The van der Waals surface area contributed by atoms with Gasteiger partial charge < -0.3 is 19.2 Å². The quantitative estimate of drug-likeness (QED) is 0.405. The van der Waals surface area contributed by atoms with Crippen LogP contribution in [0.25, 0.3) is 0 Å². The van der Waals surface area contributed by atoms with E-state index >= 15 is 0 Å². The normalized spacial score (nSPS) is 10.5. The Bertz CT molecular complexity index is 1000. The average molecular weight is 427 g/mol. The Kier molecular flexibility index (Phi) is 7.45. The molecule has 1 aromatic heterocycles. The number of rotatable bonds is 9. The molecule has 1 N–H and O–H groups in total. The van der Waals surface area contributed by atoms with Crippen molar-refractivity contribution in [1.82, 2.24) is 10.2 Å². The summed E-state index contributed by atoms with van der Waals surface area (Å²) >= 11 is 1.13. The fourth-order valence-corrected chi connectivity index (χ4v) is 3.01. The van der Waals surface area contributed by atoms with Crippen molar-refractivity contribution in [2.75, 3.05) is 17.7 Å². The molecular formula is C21H21N3O5S. The molecule has 9 heteroatoms. The van der Waals surface area contributed by atoms with Crippen LogP contribution in [0.3, 0.4) is 0 Å². The van der Waals surface area contributed by atoms with Crippen molar-refractivity contribution in [3.8, 4) is 5.75 Å². The lowest BCUT2D eigenvalue weighted by Gasteiger charge is -2.05. The molecule has 3 aromatic rings. The summed E-state index contributed by atoms with van der Waals surface area (Å²) in [5.74, 6) is 0.508. The van der Waals surface area contributed by atoms with E-state index in [2.05, 4.69) is 15.5 Å². The highest BCUT2D eigenvalue weighted by Gasteiger charge is 2.11. The molecule has 156 valence electrons. The van der Waals surface area contributed by atoms with Gasteiger partial charge in [-0.3, -0.25) is 4.79 Å². The van der Waals surface area contributed by atoms with Gasteiger partial charge in [-0.2, -0.15) is 0 Å². The number of benzene rings is 2. The van der Waals surface area contributed by atoms with Crippen LogP contribution >= 0.6 is 11.8 Å². The maximum absolute atomic E-state index is 12.1. The largest absolute Gasteiger partial charge is 0.484 e. The minimum atomic E-state index is -0.399. The zero-order valence-electron chi connectivity index (χ0n) is 16.6. The van der Waals surface area contributed by atoms with Crippen LogP contribution in [0.15, 0.2) is 58.2 Å². The molecule has 0 aliphatic rings. The lowest BCUT2D eigenvalue weighted by molar-refractivity contribution is -0.113. The number of ether oxygens (including phenoxy) is 2. The summed E-state index contributed by atoms with van der Waals surface area (Å²) in [5.41, 5.74) is 2.10. The second kappa shape index (κ2) is 10.4. The molecule has 0 aliphatic carbocycles. The first-order chi connectivity index (χ1) is 14.5. The highest BCUT2D eigenvalue weighted by atomic mass is 32.2. The molecule has 0 radical (unpaired) electrons. The van der Waals surface area contributed by atoms with Crippen LogP contribution in [0.1, 0.15) is 28.7 Å². The van der Waals surface area contributed by atoms with Crippen molar-refractivity contribution in [2.45, 2.75) is 25.7 Å². The Hall–Kier alpha value is -3.33. The third-order valence-electron chi connectivity index (χ3n) is 3.81. The fraction of sp³-hybridized carbons (Fsp3) is 0.238. The highest BCUT2D eigenvalue weighted by molar-refractivity contribution is 7.99. The molecule has 3 rings (SSSR count). The Morgan fingerprint density at radius 2 is 1.93 bits per heavy atom. The predicted octanol–water partition coefficient (Wildman–Crippen LogP) is 3.86. The Balaban J connectivity index is 1.44. The molecule has 0 bridgehead atoms. The Morgan fingerprint density at radius 1 is 1.13 bits per heavy atom. The number of aryl methyl sites for hydroxylation is 1. The Labute approximate surface area is 178 Å². The van der Waals surface area contributed by atoms with Crippen LogP contribution in [0.2, 0.25) is 0 Å². The van der Waals surface area contributed by atoms with Gasteiger partial charge in [-0.05, 0) is 55.8 Å². The van der Waals surface area contributed by atoms with E-state index in [1.54, 1.807) is 31.2 Å². The minimum absolute atomic E-state index is 0.0972. The molecule has 1 amide bonds. The van der Waals surface area contributed by atoms with Gasteiger partial charge in [-0.1, -0.05) is 23.9 Å². The number of aromatic nitrogens is 2. The zero-order valence-corrected chi connectivity index (χ0v) is 17.4. The van der Waals surface area contributed by atoms with E-state index < -0.39 is 5.97 Å². The first-order valence-corrected chi connectivity index (χ1v) is 10.2. The maximum Gasteiger partial charge on any atom is 0.338 e. The number of esters is 1. The number of amides is 1. The summed E-state index contributed by atoms with van der Waals surface area (Å²) < 4.78 is 16.0. The standard InChI is InChI=1S/C21H21N3O5S/c1-3-27-20(26)15-7-9-16(10-8-15)22-18(25)13-30-21-24-23-19(29-21)12-28-17-6-4-5-14(2)11-17/h4-11H,3,12-13H2,1-2H3,(H,22,25). The van der Waals surface area contributed by atoms with Gasteiger partial charge in [-0.15, -0.1) is 10.2 Å². The minimum Gasteiger partial charge on any atom is -0.484 e. The van der Waals surface area contributed by atoms with Crippen molar-refractivity contribution in [3.05, 3.63) is 65.5 Å². The van der Waals surface area contributed by atoms with Gasteiger partial charge in [0.15, 0.2) is 6.61 Å². The number of thioether (sulfide) groups is 1. The molecule has 30 heavy (non-hydrogen) atoms. The molecule has 0 atom stereocenters. The van der Waals surface area contributed by atoms with Crippen molar-refractivity contribution in [3.63, 3.8) is 0 Å². The van der Waals surface area contributed by atoms with Crippen molar-refractivity contribution < 1.29 is 23.5 Å². The van der Waals surface area contributed by atoms with E-state index in [1.807, 2.05) is 31.2 Å². The molecular weight excluding hydrogens is 406 g/mol. The third-order valence-corrected chi connectivity index (χ3v) is 4.63. The zero-order chi connectivity index (χ0) is 21.3. The van der Waals surface area contributed by atoms with Crippen LogP contribution in [0.5, 0.6) is 5.75 Å². The topological polar surface area (TPSA) is 104 Å². The van der Waals surface area contributed by atoms with E-state index in [9.17, 15) is 9.59 Å². The Morgan fingerprint density at radius 3 is 2.67 bits per heavy atom. The van der Waals surface area contributed by atoms with Gasteiger partial charge in [0, 0.05) is 5.69 Å². The van der Waals surface area contributed by atoms with E-state index in [4.69, 9.17) is 13.9 Å². The number of anilines is 1. The second-order valence-electron chi connectivity index (χ2n) is 6.20. The van der Waals surface area contributed by atoms with Gasteiger partial charge in [0.1, 0.15) is 5.75 Å². The fourth-order valence-electron chi connectivity index (χ4n) is 2.43. The number of carbonyl (C=O) groups excluding carboxylic acids is 2. The smallest absolute Gasteiger partial charge is 0.338 e. The molecule has 0 fully saturated rings. The molecule has 0 saturated heterocycles. The number of hydrogen-bond donors (Lipinski definition) is 1. The number of nitrogens with one attached hydrogen (secondary N) is 1. The first kappa shape index (κ1) is 21.4. The van der Waals surface area contributed by atoms with Gasteiger partial charge >= 0.3 is 5.97 Å².